The van der Waals surface area contributed by atoms with Gasteiger partial charge in [-0.2, -0.15) is 5.10 Å². The number of anilines is 2. The molecular formula is C14H13N5O. The molecule has 0 bridgehead atoms. The van der Waals surface area contributed by atoms with Crippen LogP contribution in [0.2, 0.25) is 0 Å². The summed E-state index contributed by atoms with van der Waals surface area (Å²) in [6.07, 6.45) is 4.52. The van der Waals surface area contributed by atoms with Crippen LogP contribution in [0.5, 0.6) is 0 Å². The first-order chi connectivity index (χ1) is 9.81. The van der Waals surface area contributed by atoms with Gasteiger partial charge in [0.05, 0.1) is 5.71 Å². The van der Waals surface area contributed by atoms with Gasteiger partial charge in [-0.1, -0.05) is 12.1 Å². The maximum atomic E-state index is 11.1. The van der Waals surface area contributed by atoms with Crippen molar-refractivity contribution in [1.82, 2.24) is 15.4 Å². The van der Waals surface area contributed by atoms with E-state index in [2.05, 4.69) is 25.8 Å². The first kappa shape index (κ1) is 12.3. The lowest BCUT2D eigenvalue weighted by atomic mass is 10.0. The Morgan fingerprint density at radius 3 is 2.45 bits per heavy atom. The summed E-state index contributed by atoms with van der Waals surface area (Å²) in [5, 5.41) is 7.18. The van der Waals surface area contributed by atoms with Gasteiger partial charge in [-0.3, -0.25) is 4.79 Å². The lowest BCUT2D eigenvalue weighted by molar-refractivity contribution is -0.121. The maximum absolute atomic E-state index is 11.1. The summed E-state index contributed by atoms with van der Waals surface area (Å²) < 4.78 is 0. The van der Waals surface area contributed by atoms with Crippen molar-refractivity contribution in [2.75, 3.05) is 5.32 Å². The zero-order valence-corrected chi connectivity index (χ0v) is 10.7. The van der Waals surface area contributed by atoms with Crippen LogP contribution < -0.4 is 10.7 Å². The molecular weight excluding hydrogens is 254 g/mol. The fraction of sp³-hybridized carbons (Fsp3) is 0.143. The third-order valence-electron chi connectivity index (χ3n) is 2.94. The molecule has 0 saturated carbocycles. The standard InChI is InChI=1S/C14H13N5O/c20-13-7-6-12(18-19-13)10-2-4-11(5-3-10)17-14-15-8-1-9-16-14/h1-5,8-9H,6-7H2,(H,19,20)(H,15,16,17). The number of hydrazone groups is 1. The highest BCUT2D eigenvalue weighted by Crippen LogP contribution is 2.16. The highest BCUT2D eigenvalue weighted by molar-refractivity contribution is 6.04. The molecule has 1 aromatic carbocycles. The summed E-state index contributed by atoms with van der Waals surface area (Å²) in [6, 6.07) is 9.56. The van der Waals surface area contributed by atoms with Crippen molar-refractivity contribution >= 4 is 23.3 Å². The first-order valence-corrected chi connectivity index (χ1v) is 6.31. The van der Waals surface area contributed by atoms with Gasteiger partial charge in [-0.05, 0) is 23.8 Å². The first-order valence-electron chi connectivity index (χ1n) is 6.31. The van der Waals surface area contributed by atoms with E-state index in [1.807, 2.05) is 24.3 Å². The number of hydrogen-bond donors (Lipinski definition) is 2. The van der Waals surface area contributed by atoms with Gasteiger partial charge in [0, 0.05) is 30.9 Å². The average Bonchev–Trinajstić information content (AvgIpc) is 2.50. The number of hydrogen-bond acceptors (Lipinski definition) is 5. The van der Waals surface area contributed by atoms with Crippen LogP contribution in [0, 0.1) is 0 Å². The van der Waals surface area contributed by atoms with Crippen molar-refractivity contribution in [3.63, 3.8) is 0 Å². The lowest BCUT2D eigenvalue weighted by Gasteiger charge is -2.12. The molecule has 1 amide bonds. The van der Waals surface area contributed by atoms with Crippen molar-refractivity contribution in [2.24, 2.45) is 5.10 Å². The van der Waals surface area contributed by atoms with Gasteiger partial charge >= 0.3 is 0 Å². The van der Waals surface area contributed by atoms with Gasteiger partial charge in [0.25, 0.3) is 0 Å². The molecule has 100 valence electrons. The third kappa shape index (κ3) is 2.80. The van der Waals surface area contributed by atoms with E-state index in [4.69, 9.17) is 0 Å². The minimum atomic E-state index is -0.0340. The summed E-state index contributed by atoms with van der Waals surface area (Å²) in [7, 11) is 0. The minimum Gasteiger partial charge on any atom is -0.324 e. The molecule has 0 aliphatic carbocycles. The quantitative estimate of drug-likeness (QED) is 0.889. The Kier molecular flexibility index (Phi) is 3.36. The number of nitrogens with zero attached hydrogens (tertiary/aromatic N) is 3. The summed E-state index contributed by atoms with van der Waals surface area (Å²) in [5.41, 5.74) is 5.30. The van der Waals surface area contributed by atoms with Gasteiger partial charge in [-0.15, -0.1) is 0 Å². The molecule has 0 radical (unpaired) electrons. The second-order valence-electron chi connectivity index (χ2n) is 4.37. The topological polar surface area (TPSA) is 79.3 Å². The summed E-state index contributed by atoms with van der Waals surface area (Å²) in [6.45, 7) is 0. The van der Waals surface area contributed by atoms with Gasteiger partial charge in [-0.25, -0.2) is 15.4 Å². The second kappa shape index (κ2) is 5.48. The molecule has 0 fully saturated rings. The Balaban J connectivity index is 1.73. The number of aromatic nitrogens is 2. The fourth-order valence-corrected chi connectivity index (χ4v) is 1.92. The predicted octanol–water partition coefficient (Wildman–Crippen LogP) is 1.83. The zero-order valence-electron chi connectivity index (χ0n) is 10.7. The Labute approximate surface area is 116 Å². The highest BCUT2D eigenvalue weighted by atomic mass is 16.2. The van der Waals surface area contributed by atoms with Crippen molar-refractivity contribution in [3.8, 4) is 0 Å². The van der Waals surface area contributed by atoms with E-state index >= 15 is 0 Å². The summed E-state index contributed by atoms with van der Waals surface area (Å²) in [4.78, 5) is 19.3. The number of nitrogens with one attached hydrogen (secondary N) is 2. The van der Waals surface area contributed by atoms with Gasteiger partial charge in [0.2, 0.25) is 11.9 Å². The molecule has 0 spiro atoms. The van der Waals surface area contributed by atoms with Gasteiger partial charge in [0.1, 0.15) is 0 Å². The SMILES string of the molecule is O=C1CCC(c2ccc(Nc3ncccn3)cc2)=NN1. The Morgan fingerprint density at radius 1 is 1.05 bits per heavy atom. The molecule has 20 heavy (non-hydrogen) atoms. The molecule has 0 unspecified atom stereocenters. The Hall–Kier alpha value is -2.76. The molecule has 6 nitrogen and oxygen atoms in total. The van der Waals surface area contributed by atoms with Crippen molar-refractivity contribution in [3.05, 3.63) is 48.3 Å². The number of rotatable bonds is 3. The summed E-state index contributed by atoms with van der Waals surface area (Å²) in [5.74, 6) is 0.524. The monoisotopic (exact) mass is 267 g/mol. The molecule has 1 aromatic heterocycles. The van der Waals surface area contributed by atoms with Crippen LogP contribution in [0.25, 0.3) is 0 Å². The lowest BCUT2D eigenvalue weighted by Crippen LogP contribution is -2.25. The zero-order chi connectivity index (χ0) is 13.8. The van der Waals surface area contributed by atoms with E-state index in [0.29, 0.717) is 18.8 Å². The number of carbonyl (C=O) groups excluding carboxylic acids is 1. The van der Waals surface area contributed by atoms with Crippen LogP contribution in [0.15, 0.2) is 47.8 Å². The third-order valence-corrected chi connectivity index (χ3v) is 2.94. The van der Waals surface area contributed by atoms with Crippen LogP contribution in [-0.4, -0.2) is 21.6 Å². The van der Waals surface area contributed by atoms with Crippen LogP contribution in [0.3, 0.4) is 0 Å². The highest BCUT2D eigenvalue weighted by Gasteiger charge is 2.12. The van der Waals surface area contributed by atoms with E-state index in [0.717, 1.165) is 17.0 Å². The Bertz CT molecular complexity index is 636. The van der Waals surface area contributed by atoms with E-state index in [1.54, 1.807) is 18.5 Å². The molecule has 0 atom stereocenters. The molecule has 2 aromatic rings. The maximum Gasteiger partial charge on any atom is 0.240 e. The summed E-state index contributed by atoms with van der Waals surface area (Å²) >= 11 is 0. The molecule has 0 saturated heterocycles. The smallest absolute Gasteiger partial charge is 0.240 e. The van der Waals surface area contributed by atoms with Gasteiger partial charge < -0.3 is 5.32 Å². The molecule has 2 heterocycles. The van der Waals surface area contributed by atoms with Crippen LogP contribution in [0.1, 0.15) is 18.4 Å². The average molecular weight is 267 g/mol. The minimum absolute atomic E-state index is 0.0340. The molecule has 6 heteroatoms. The molecule has 3 rings (SSSR count). The predicted molar refractivity (Wildman–Crippen MR) is 75.7 cm³/mol. The Morgan fingerprint density at radius 2 is 1.80 bits per heavy atom. The van der Waals surface area contributed by atoms with Crippen LogP contribution in [-0.2, 0) is 4.79 Å². The van der Waals surface area contributed by atoms with E-state index in [9.17, 15) is 4.79 Å². The number of benzene rings is 1. The molecule has 1 aliphatic rings. The van der Waals surface area contributed by atoms with Gasteiger partial charge in [0.15, 0.2) is 0 Å². The van der Waals surface area contributed by atoms with Crippen molar-refractivity contribution < 1.29 is 4.79 Å². The molecule has 1 aliphatic heterocycles. The van der Waals surface area contributed by atoms with E-state index in [-0.39, 0.29) is 5.91 Å². The van der Waals surface area contributed by atoms with Crippen LogP contribution in [0.4, 0.5) is 11.6 Å². The largest absolute Gasteiger partial charge is 0.324 e. The molecule has 2 N–H and O–H groups in total. The van der Waals surface area contributed by atoms with E-state index < -0.39 is 0 Å². The van der Waals surface area contributed by atoms with E-state index in [1.165, 1.54) is 0 Å². The normalized spacial score (nSPS) is 14.4. The van der Waals surface area contributed by atoms with Crippen molar-refractivity contribution in [1.29, 1.82) is 0 Å². The number of amides is 1. The number of carbonyl (C=O) groups is 1. The van der Waals surface area contributed by atoms with Crippen molar-refractivity contribution in [2.45, 2.75) is 12.8 Å². The van der Waals surface area contributed by atoms with Crippen LogP contribution >= 0.6 is 0 Å². The second-order valence-corrected chi connectivity index (χ2v) is 4.37. The fourth-order valence-electron chi connectivity index (χ4n) is 1.92.